The van der Waals surface area contributed by atoms with Gasteiger partial charge in [0.2, 0.25) is 0 Å². The Labute approximate surface area is 137 Å². The third kappa shape index (κ3) is 6.35. The molecule has 1 heterocycles. The van der Waals surface area contributed by atoms with Gasteiger partial charge in [0.05, 0.1) is 31.7 Å². The molecule has 0 spiro atoms. The number of hydrogen-bond donors (Lipinski definition) is 1. The Morgan fingerprint density at radius 1 is 1.17 bits per heavy atom. The number of methoxy groups -OCH3 is 1. The summed E-state index contributed by atoms with van der Waals surface area (Å²) in [7, 11) is 1.63. The number of aliphatic carboxylic acids is 1. The summed E-state index contributed by atoms with van der Waals surface area (Å²) in [4.78, 5) is 24.5. The molecule has 0 aliphatic carbocycles. The number of carbonyl (C=O) groups is 2. The first-order valence-corrected chi connectivity index (χ1v) is 7.77. The number of hydrogen-bond acceptors (Lipinski definition) is 5. The zero-order chi connectivity index (χ0) is 17.9. The van der Waals surface area contributed by atoms with Gasteiger partial charge in [-0.05, 0) is 41.0 Å². The predicted molar refractivity (Wildman–Crippen MR) is 84.4 cm³/mol. The van der Waals surface area contributed by atoms with Crippen LogP contribution < -0.4 is 0 Å². The van der Waals surface area contributed by atoms with Gasteiger partial charge < -0.3 is 24.2 Å². The van der Waals surface area contributed by atoms with Crippen molar-refractivity contribution in [2.45, 2.75) is 64.3 Å². The van der Waals surface area contributed by atoms with E-state index in [0.717, 1.165) is 0 Å². The molecule has 134 valence electrons. The average molecular weight is 331 g/mol. The van der Waals surface area contributed by atoms with Crippen LogP contribution in [0.2, 0.25) is 0 Å². The molecular weight excluding hydrogens is 302 g/mol. The highest BCUT2D eigenvalue weighted by Crippen LogP contribution is 2.31. The Morgan fingerprint density at radius 3 is 2.17 bits per heavy atom. The van der Waals surface area contributed by atoms with Crippen LogP contribution in [0.15, 0.2) is 0 Å². The maximum Gasteiger partial charge on any atom is 0.410 e. The van der Waals surface area contributed by atoms with Crippen molar-refractivity contribution < 1.29 is 28.9 Å². The van der Waals surface area contributed by atoms with Crippen LogP contribution in [0, 0.1) is 0 Å². The van der Waals surface area contributed by atoms with Gasteiger partial charge in [0.15, 0.2) is 0 Å². The van der Waals surface area contributed by atoms with Crippen LogP contribution in [-0.2, 0) is 19.0 Å². The zero-order valence-corrected chi connectivity index (χ0v) is 15.0. The largest absolute Gasteiger partial charge is 0.481 e. The minimum atomic E-state index is -0.945. The highest BCUT2D eigenvalue weighted by Gasteiger charge is 2.49. The Morgan fingerprint density at radius 2 is 1.74 bits per heavy atom. The van der Waals surface area contributed by atoms with Gasteiger partial charge in [-0.2, -0.15) is 0 Å². The minimum absolute atomic E-state index is 0.139. The summed E-state index contributed by atoms with van der Waals surface area (Å²) in [5.41, 5.74) is -1.75. The second-order valence-corrected chi connectivity index (χ2v) is 7.65. The first kappa shape index (κ1) is 19.7. The van der Waals surface area contributed by atoms with Crippen LogP contribution in [0.4, 0.5) is 4.79 Å². The van der Waals surface area contributed by atoms with Gasteiger partial charge in [-0.25, -0.2) is 4.79 Å². The minimum Gasteiger partial charge on any atom is -0.481 e. The Bertz CT molecular complexity index is 434. The fourth-order valence-electron chi connectivity index (χ4n) is 2.25. The molecule has 0 aromatic carbocycles. The van der Waals surface area contributed by atoms with E-state index in [0.29, 0.717) is 13.0 Å². The Kier molecular flexibility index (Phi) is 6.04. The molecule has 7 nitrogen and oxygen atoms in total. The number of carboxylic acid groups (broad SMARTS) is 1. The number of nitrogens with zero attached hydrogens (tertiary/aromatic N) is 1. The molecule has 1 amide bonds. The fraction of sp³-hybridized carbons (Fsp3) is 0.875. The van der Waals surface area contributed by atoms with Gasteiger partial charge in [-0.3, -0.25) is 4.79 Å². The van der Waals surface area contributed by atoms with Crippen LogP contribution in [-0.4, -0.2) is 65.7 Å². The van der Waals surface area contributed by atoms with Crippen molar-refractivity contribution in [2.24, 2.45) is 0 Å². The van der Waals surface area contributed by atoms with Crippen molar-refractivity contribution >= 4 is 12.1 Å². The topological polar surface area (TPSA) is 85.3 Å². The van der Waals surface area contributed by atoms with E-state index < -0.39 is 23.3 Å². The van der Waals surface area contributed by atoms with E-state index in [1.165, 1.54) is 4.90 Å². The molecule has 1 aliphatic rings. The molecule has 0 saturated carbocycles. The van der Waals surface area contributed by atoms with Crippen molar-refractivity contribution in [3.63, 3.8) is 0 Å². The smallest absolute Gasteiger partial charge is 0.410 e. The zero-order valence-electron chi connectivity index (χ0n) is 15.0. The SMILES string of the molecule is COC(C)(C)CCOC1(CC(=O)O)CN(C(=O)OC(C)(C)C)C1. The third-order valence-corrected chi connectivity index (χ3v) is 3.75. The quantitative estimate of drug-likeness (QED) is 0.770. The number of carboxylic acids is 1. The predicted octanol–water partition coefficient (Wildman–Crippen LogP) is 2.28. The van der Waals surface area contributed by atoms with Crippen LogP contribution in [0.25, 0.3) is 0 Å². The molecule has 0 radical (unpaired) electrons. The highest BCUT2D eigenvalue weighted by molar-refractivity contribution is 5.72. The Balaban J connectivity index is 2.56. The number of rotatable bonds is 7. The van der Waals surface area contributed by atoms with E-state index in [1.807, 2.05) is 13.8 Å². The van der Waals surface area contributed by atoms with E-state index in [-0.39, 0.29) is 25.1 Å². The van der Waals surface area contributed by atoms with E-state index in [9.17, 15) is 9.59 Å². The molecule has 0 aromatic heterocycles. The molecule has 1 rings (SSSR count). The van der Waals surface area contributed by atoms with Gasteiger partial charge in [0.25, 0.3) is 0 Å². The van der Waals surface area contributed by atoms with Crippen LogP contribution in [0.5, 0.6) is 0 Å². The van der Waals surface area contributed by atoms with Gasteiger partial charge in [-0.1, -0.05) is 0 Å². The molecule has 1 fully saturated rings. The number of carbonyl (C=O) groups excluding carboxylic acids is 1. The van der Waals surface area contributed by atoms with Gasteiger partial charge in [0.1, 0.15) is 11.2 Å². The standard InChI is InChI=1S/C16H29NO6/c1-14(2,3)23-13(20)17-10-16(11-17,9-12(18)19)22-8-7-15(4,5)21-6/h7-11H2,1-6H3,(H,18,19). The molecule has 0 aromatic rings. The van der Waals surface area contributed by atoms with Crippen LogP contribution in [0.3, 0.4) is 0 Å². The summed E-state index contributed by atoms with van der Waals surface area (Å²) in [5.74, 6) is -0.945. The highest BCUT2D eigenvalue weighted by atomic mass is 16.6. The summed E-state index contributed by atoms with van der Waals surface area (Å²) in [6.45, 7) is 10.1. The second-order valence-electron chi connectivity index (χ2n) is 7.65. The summed E-state index contributed by atoms with van der Waals surface area (Å²) in [5, 5.41) is 9.09. The van der Waals surface area contributed by atoms with E-state index in [4.69, 9.17) is 19.3 Å². The van der Waals surface area contributed by atoms with Crippen molar-refractivity contribution in [1.82, 2.24) is 4.90 Å². The van der Waals surface area contributed by atoms with Gasteiger partial charge in [-0.15, -0.1) is 0 Å². The summed E-state index contributed by atoms with van der Waals surface area (Å²) >= 11 is 0. The molecule has 7 heteroatoms. The molecular formula is C16H29NO6. The maximum atomic E-state index is 12.0. The molecule has 1 aliphatic heterocycles. The van der Waals surface area contributed by atoms with Crippen LogP contribution >= 0.6 is 0 Å². The molecule has 1 N–H and O–H groups in total. The lowest BCUT2D eigenvalue weighted by atomic mass is 9.90. The summed E-state index contributed by atoms with van der Waals surface area (Å²) < 4.78 is 16.4. The number of ether oxygens (including phenoxy) is 3. The monoisotopic (exact) mass is 331 g/mol. The van der Waals surface area contributed by atoms with Crippen molar-refractivity contribution in [2.75, 3.05) is 26.8 Å². The maximum absolute atomic E-state index is 12.0. The van der Waals surface area contributed by atoms with Crippen LogP contribution in [0.1, 0.15) is 47.5 Å². The molecule has 0 unspecified atom stereocenters. The first-order valence-electron chi connectivity index (χ1n) is 7.77. The molecule has 1 saturated heterocycles. The Hall–Kier alpha value is -1.34. The second kappa shape index (κ2) is 7.05. The fourth-order valence-corrected chi connectivity index (χ4v) is 2.25. The lowest BCUT2D eigenvalue weighted by Crippen LogP contribution is -2.66. The molecule has 0 atom stereocenters. The van der Waals surface area contributed by atoms with Crippen molar-refractivity contribution in [3.05, 3.63) is 0 Å². The molecule has 0 bridgehead atoms. The summed E-state index contributed by atoms with van der Waals surface area (Å²) in [6.07, 6.45) is 0.0520. The lowest BCUT2D eigenvalue weighted by Gasteiger charge is -2.49. The van der Waals surface area contributed by atoms with E-state index in [1.54, 1.807) is 27.9 Å². The first-order chi connectivity index (χ1) is 10.4. The van der Waals surface area contributed by atoms with E-state index in [2.05, 4.69) is 0 Å². The van der Waals surface area contributed by atoms with E-state index >= 15 is 0 Å². The van der Waals surface area contributed by atoms with Gasteiger partial charge in [0, 0.05) is 7.11 Å². The third-order valence-electron chi connectivity index (χ3n) is 3.75. The van der Waals surface area contributed by atoms with Gasteiger partial charge >= 0.3 is 12.1 Å². The summed E-state index contributed by atoms with van der Waals surface area (Å²) in [6, 6.07) is 0. The lowest BCUT2D eigenvalue weighted by molar-refractivity contribution is -0.170. The van der Waals surface area contributed by atoms with Crippen molar-refractivity contribution in [1.29, 1.82) is 0 Å². The number of likely N-dealkylation sites (tertiary alicyclic amines) is 1. The normalized spacial score (nSPS) is 17.6. The molecule has 23 heavy (non-hydrogen) atoms. The van der Waals surface area contributed by atoms with Crippen molar-refractivity contribution in [3.8, 4) is 0 Å². The number of amides is 1. The average Bonchev–Trinajstić information content (AvgIpc) is 2.31.